The number of hydrogen-bond donors (Lipinski definition) is 1. The Morgan fingerprint density at radius 3 is 2.48 bits per heavy atom. The molecule has 4 nitrogen and oxygen atoms in total. The average molecular weight is 419 g/mol. The van der Waals surface area contributed by atoms with Gasteiger partial charge in [-0.05, 0) is 48.4 Å². The van der Waals surface area contributed by atoms with Gasteiger partial charge in [0.2, 0.25) is 11.8 Å². The summed E-state index contributed by atoms with van der Waals surface area (Å²) >= 11 is 0. The Bertz CT molecular complexity index is 940. The number of aryl methyl sites for hydroxylation is 1. The molecule has 1 aliphatic rings. The van der Waals surface area contributed by atoms with Crippen molar-refractivity contribution in [3.05, 3.63) is 72.3 Å². The van der Waals surface area contributed by atoms with Crippen LogP contribution in [0.2, 0.25) is 0 Å². The third kappa shape index (κ3) is 5.25. The van der Waals surface area contributed by atoms with E-state index in [0.717, 1.165) is 5.56 Å². The maximum atomic E-state index is 13.2. The Balaban J connectivity index is 1.86. The molecule has 1 fully saturated rings. The van der Waals surface area contributed by atoms with Gasteiger partial charge in [0.05, 0.1) is 5.41 Å². The van der Waals surface area contributed by atoms with Gasteiger partial charge >= 0.3 is 0 Å². The number of nitrogens with one attached hydrogen (secondary N) is 1. The fourth-order valence-electron chi connectivity index (χ4n) is 4.49. The number of nitrogens with zero attached hydrogens (tertiary/aromatic N) is 1. The van der Waals surface area contributed by atoms with Crippen molar-refractivity contribution in [2.24, 2.45) is 11.3 Å². The van der Waals surface area contributed by atoms with Gasteiger partial charge in [0.25, 0.3) is 0 Å². The Hall–Kier alpha value is -2.88. The van der Waals surface area contributed by atoms with E-state index in [1.807, 2.05) is 24.8 Å². The second-order valence-corrected chi connectivity index (χ2v) is 8.95. The zero-order chi connectivity index (χ0) is 22.4. The molecule has 1 N–H and O–H groups in total. The normalized spacial score (nSPS) is 15.5. The zero-order valence-corrected chi connectivity index (χ0v) is 19.0. The molecule has 0 unspecified atom stereocenters. The molecule has 2 aromatic carbocycles. The maximum Gasteiger partial charge on any atom is 0.226 e. The van der Waals surface area contributed by atoms with E-state index in [1.165, 1.54) is 16.7 Å². The summed E-state index contributed by atoms with van der Waals surface area (Å²) in [5.41, 5.74) is 4.26. The molecule has 0 saturated carbocycles. The number of carbonyl (C=O) groups is 2. The minimum Gasteiger partial charge on any atom is -0.352 e. The van der Waals surface area contributed by atoms with Crippen molar-refractivity contribution >= 4 is 11.8 Å². The van der Waals surface area contributed by atoms with Gasteiger partial charge in [-0.25, -0.2) is 0 Å². The lowest BCUT2D eigenvalue weighted by molar-refractivity contribution is -0.142. The van der Waals surface area contributed by atoms with Crippen molar-refractivity contribution in [3.63, 3.8) is 0 Å². The first kappa shape index (κ1) is 22.8. The summed E-state index contributed by atoms with van der Waals surface area (Å²) in [5, 5.41) is 3.02. The lowest BCUT2D eigenvalue weighted by Crippen LogP contribution is -2.52. The van der Waals surface area contributed by atoms with E-state index in [0.29, 0.717) is 38.9 Å². The van der Waals surface area contributed by atoms with Crippen molar-refractivity contribution < 1.29 is 9.59 Å². The van der Waals surface area contributed by atoms with Gasteiger partial charge in [-0.3, -0.25) is 9.59 Å². The monoisotopic (exact) mass is 418 g/mol. The third-order valence-electron chi connectivity index (χ3n) is 6.34. The molecule has 3 rings (SSSR count). The van der Waals surface area contributed by atoms with E-state index in [-0.39, 0.29) is 17.7 Å². The molecule has 1 aliphatic heterocycles. The molecule has 1 saturated heterocycles. The van der Waals surface area contributed by atoms with Crippen LogP contribution < -0.4 is 5.32 Å². The Morgan fingerprint density at radius 2 is 1.84 bits per heavy atom. The summed E-state index contributed by atoms with van der Waals surface area (Å²) in [6, 6.07) is 16.9. The predicted octanol–water partition coefficient (Wildman–Crippen LogP) is 4.77. The van der Waals surface area contributed by atoms with Gasteiger partial charge in [0.1, 0.15) is 0 Å². The van der Waals surface area contributed by atoms with E-state index in [4.69, 9.17) is 0 Å². The van der Waals surface area contributed by atoms with Crippen LogP contribution in [0.4, 0.5) is 0 Å². The van der Waals surface area contributed by atoms with Crippen LogP contribution in [0.15, 0.2) is 61.2 Å². The highest BCUT2D eigenvalue weighted by Crippen LogP contribution is 2.37. The summed E-state index contributed by atoms with van der Waals surface area (Å²) < 4.78 is 0. The molecule has 164 valence electrons. The maximum absolute atomic E-state index is 13.2. The van der Waals surface area contributed by atoms with Crippen LogP contribution in [-0.4, -0.2) is 36.3 Å². The highest BCUT2D eigenvalue weighted by atomic mass is 16.2. The molecule has 2 amide bonds. The number of rotatable bonds is 7. The lowest BCUT2D eigenvalue weighted by atomic mass is 9.72. The largest absolute Gasteiger partial charge is 0.352 e. The van der Waals surface area contributed by atoms with Crippen molar-refractivity contribution in [2.45, 2.75) is 40.0 Å². The quantitative estimate of drug-likeness (QED) is 0.659. The highest BCUT2D eigenvalue weighted by molar-refractivity contribution is 5.84. The van der Waals surface area contributed by atoms with Crippen LogP contribution in [0.3, 0.4) is 0 Å². The predicted molar refractivity (Wildman–Crippen MR) is 127 cm³/mol. The summed E-state index contributed by atoms with van der Waals surface area (Å²) in [6.07, 6.45) is 3.72. The Labute approximate surface area is 186 Å². The molecule has 2 aromatic rings. The van der Waals surface area contributed by atoms with E-state index in [2.05, 4.69) is 61.3 Å². The fourth-order valence-corrected chi connectivity index (χ4v) is 4.49. The van der Waals surface area contributed by atoms with Crippen molar-refractivity contribution in [1.82, 2.24) is 10.2 Å². The van der Waals surface area contributed by atoms with Crippen molar-refractivity contribution in [2.75, 3.05) is 19.6 Å². The summed E-state index contributed by atoms with van der Waals surface area (Å²) in [6.45, 7) is 11.4. The van der Waals surface area contributed by atoms with Crippen molar-refractivity contribution in [1.29, 1.82) is 0 Å². The first-order valence-electron chi connectivity index (χ1n) is 11.2. The lowest BCUT2D eigenvalue weighted by Gasteiger charge is -2.41. The van der Waals surface area contributed by atoms with Crippen LogP contribution in [-0.2, 0) is 16.0 Å². The molecule has 0 aliphatic carbocycles. The number of hydrogen-bond acceptors (Lipinski definition) is 2. The summed E-state index contributed by atoms with van der Waals surface area (Å²) in [5.74, 6) is 0.208. The number of piperidine rings is 1. The van der Waals surface area contributed by atoms with Gasteiger partial charge in [-0.2, -0.15) is 0 Å². The number of benzene rings is 2. The highest BCUT2D eigenvalue weighted by Gasteiger charge is 2.42. The second kappa shape index (κ2) is 9.95. The van der Waals surface area contributed by atoms with Gasteiger partial charge in [0.15, 0.2) is 0 Å². The molecule has 0 spiro atoms. The molecule has 1 heterocycles. The molecular weight excluding hydrogens is 384 g/mol. The van der Waals surface area contributed by atoms with Crippen molar-refractivity contribution in [3.8, 4) is 11.1 Å². The smallest absolute Gasteiger partial charge is 0.226 e. The molecule has 0 atom stereocenters. The van der Waals surface area contributed by atoms with Gasteiger partial charge < -0.3 is 10.2 Å². The SMILES string of the molecule is C=CCNC(=O)C1(Cc2cccc(-c3ccccc3C)c2)CCN(C(=O)C(C)C)CC1. The Morgan fingerprint density at radius 1 is 1.13 bits per heavy atom. The van der Waals surface area contributed by atoms with Gasteiger partial charge in [0, 0.05) is 25.6 Å². The minimum absolute atomic E-state index is 0.0205. The van der Waals surface area contributed by atoms with Crippen LogP contribution in [0.1, 0.15) is 37.8 Å². The van der Waals surface area contributed by atoms with Crippen LogP contribution in [0.25, 0.3) is 11.1 Å². The molecule has 0 radical (unpaired) electrons. The Kier molecular flexibility index (Phi) is 7.32. The van der Waals surface area contributed by atoms with E-state index in [9.17, 15) is 9.59 Å². The third-order valence-corrected chi connectivity index (χ3v) is 6.34. The van der Waals surface area contributed by atoms with Crippen LogP contribution in [0, 0.1) is 18.3 Å². The van der Waals surface area contributed by atoms with Crippen LogP contribution in [0.5, 0.6) is 0 Å². The zero-order valence-electron chi connectivity index (χ0n) is 19.0. The average Bonchev–Trinajstić information content (AvgIpc) is 2.78. The van der Waals surface area contributed by atoms with E-state index < -0.39 is 5.41 Å². The minimum atomic E-state index is -0.513. The number of amides is 2. The molecular formula is C27H34N2O2. The van der Waals surface area contributed by atoms with Gasteiger partial charge in [-0.15, -0.1) is 6.58 Å². The summed E-state index contributed by atoms with van der Waals surface area (Å²) in [4.78, 5) is 27.6. The molecule has 4 heteroatoms. The first-order chi connectivity index (χ1) is 14.9. The standard InChI is InChI=1S/C27H34N2O2/c1-5-15-28-26(31)27(13-16-29(17-14-27)25(30)20(2)3)19-22-10-8-11-23(18-22)24-12-7-6-9-21(24)4/h5-12,18,20H,1,13-17,19H2,2-4H3,(H,28,31). The summed E-state index contributed by atoms with van der Waals surface area (Å²) in [7, 11) is 0. The number of carbonyl (C=O) groups excluding carboxylic acids is 2. The molecule has 0 aromatic heterocycles. The molecule has 0 bridgehead atoms. The van der Waals surface area contributed by atoms with E-state index >= 15 is 0 Å². The van der Waals surface area contributed by atoms with E-state index in [1.54, 1.807) is 6.08 Å². The van der Waals surface area contributed by atoms with Gasteiger partial charge in [-0.1, -0.05) is 68.5 Å². The second-order valence-electron chi connectivity index (χ2n) is 8.95. The first-order valence-corrected chi connectivity index (χ1v) is 11.2. The fraction of sp³-hybridized carbons (Fsp3) is 0.407. The van der Waals surface area contributed by atoms with Crippen LogP contribution >= 0.6 is 0 Å². The number of likely N-dealkylation sites (tertiary alicyclic amines) is 1. The molecule has 31 heavy (non-hydrogen) atoms. The topological polar surface area (TPSA) is 49.4 Å².